The van der Waals surface area contributed by atoms with Gasteiger partial charge in [0.05, 0.1) is 6.61 Å². The van der Waals surface area contributed by atoms with Crippen molar-refractivity contribution in [3.05, 3.63) is 36.0 Å². The normalized spacial score (nSPS) is 12.1. The highest BCUT2D eigenvalue weighted by molar-refractivity contribution is 6.21. The first-order valence-electron chi connectivity index (χ1n) is 5.14. The zero-order valence-electron chi connectivity index (χ0n) is 9.27. The lowest BCUT2D eigenvalue weighted by Gasteiger charge is -2.06. The molecule has 0 unspecified atom stereocenters. The van der Waals surface area contributed by atoms with Crippen LogP contribution in [0.5, 0.6) is 0 Å². The Morgan fingerprint density at radius 2 is 2.19 bits per heavy atom. The number of hydrogen-bond acceptors (Lipinski definition) is 2. The van der Waals surface area contributed by atoms with Crippen LogP contribution in [0.15, 0.2) is 34.8 Å². The maximum atomic E-state index is 5.53. The Morgan fingerprint density at radius 1 is 1.44 bits per heavy atom. The van der Waals surface area contributed by atoms with Crippen molar-refractivity contribution in [2.45, 2.75) is 6.92 Å². The minimum atomic E-state index is 0.461. The molecule has 84 valence electrons. The van der Waals surface area contributed by atoms with Gasteiger partial charge in [-0.15, -0.1) is 4.51 Å². The smallest absolute Gasteiger partial charge is 0.250 e. The van der Waals surface area contributed by atoms with Gasteiger partial charge >= 0.3 is 0 Å². The van der Waals surface area contributed by atoms with Crippen molar-refractivity contribution in [3.8, 4) is 0 Å². The van der Waals surface area contributed by atoms with Crippen molar-refractivity contribution >= 4 is 28.6 Å². The third kappa shape index (κ3) is 1.78. The van der Waals surface area contributed by atoms with E-state index in [1.807, 2.05) is 36.7 Å². The lowest BCUT2D eigenvalue weighted by atomic mass is 10.2. The van der Waals surface area contributed by atoms with Crippen LogP contribution in [-0.2, 0) is 11.8 Å². The Hall–Kier alpha value is -1.48. The molecule has 0 N–H and O–H groups in total. The Morgan fingerprint density at radius 3 is 2.81 bits per heavy atom. The largest absolute Gasteiger partial charge is 0.476 e. The van der Waals surface area contributed by atoms with E-state index in [9.17, 15) is 0 Å². The molecule has 0 aliphatic heterocycles. The van der Waals surface area contributed by atoms with E-state index >= 15 is 0 Å². The van der Waals surface area contributed by atoms with E-state index in [0.717, 1.165) is 16.6 Å². The summed E-state index contributed by atoms with van der Waals surface area (Å²) in [5, 5.41) is 1.15. The first-order valence-corrected chi connectivity index (χ1v) is 5.48. The summed E-state index contributed by atoms with van der Waals surface area (Å²) >= 11 is 5.53. The van der Waals surface area contributed by atoms with Crippen LogP contribution in [0.25, 0.3) is 10.9 Å². The SMILES string of the molecule is CCO/C(=N\Cl)c1cc2ccccc2n1C. The number of ether oxygens (including phenoxy) is 1. The molecule has 0 bridgehead atoms. The molecule has 0 fully saturated rings. The van der Waals surface area contributed by atoms with Gasteiger partial charge < -0.3 is 9.30 Å². The summed E-state index contributed by atoms with van der Waals surface area (Å²) in [6.07, 6.45) is 0. The molecule has 16 heavy (non-hydrogen) atoms. The van der Waals surface area contributed by atoms with Crippen molar-refractivity contribution in [1.82, 2.24) is 4.57 Å². The zero-order chi connectivity index (χ0) is 11.5. The molecule has 0 atom stereocenters. The topological polar surface area (TPSA) is 26.5 Å². The third-order valence-corrected chi connectivity index (χ3v) is 2.68. The molecule has 0 aliphatic carbocycles. The number of aromatic nitrogens is 1. The quantitative estimate of drug-likeness (QED) is 0.581. The second-order valence-corrected chi connectivity index (χ2v) is 3.64. The number of rotatable bonds is 2. The predicted molar refractivity (Wildman–Crippen MR) is 66.9 cm³/mol. The first-order chi connectivity index (χ1) is 7.77. The molecular formula is C12H13ClN2O. The van der Waals surface area contributed by atoms with E-state index in [-0.39, 0.29) is 0 Å². The van der Waals surface area contributed by atoms with Crippen molar-refractivity contribution in [2.24, 2.45) is 11.6 Å². The standard InChI is InChI=1S/C12H13ClN2O/c1-3-16-12(14-13)11-8-9-6-4-5-7-10(9)15(11)2/h4-8H,3H2,1-2H3/b14-12-. The van der Waals surface area contributed by atoms with Crippen molar-refractivity contribution < 1.29 is 4.74 Å². The summed E-state index contributed by atoms with van der Waals surface area (Å²) in [4.78, 5) is 0. The molecule has 1 heterocycles. The van der Waals surface area contributed by atoms with Gasteiger partial charge in [-0.2, -0.15) is 0 Å². The van der Waals surface area contributed by atoms with Gasteiger partial charge in [-0.3, -0.25) is 0 Å². The fourth-order valence-corrected chi connectivity index (χ4v) is 1.91. The molecule has 4 heteroatoms. The molecule has 2 aromatic rings. The number of aryl methyl sites for hydroxylation is 1. The van der Waals surface area contributed by atoms with Crippen molar-refractivity contribution in [3.63, 3.8) is 0 Å². The van der Waals surface area contributed by atoms with Gasteiger partial charge in [0.2, 0.25) is 5.90 Å². The van der Waals surface area contributed by atoms with Crippen LogP contribution in [0.4, 0.5) is 0 Å². The lowest BCUT2D eigenvalue weighted by molar-refractivity contribution is 0.327. The molecule has 0 saturated carbocycles. The number of nitrogens with zero attached hydrogens (tertiary/aromatic N) is 2. The molecule has 0 saturated heterocycles. The molecule has 0 aliphatic rings. The second-order valence-electron chi connectivity index (χ2n) is 3.47. The Kier molecular flexibility index (Phi) is 3.15. The van der Waals surface area contributed by atoms with Crippen LogP contribution in [-0.4, -0.2) is 17.1 Å². The van der Waals surface area contributed by atoms with E-state index in [2.05, 4.69) is 16.6 Å². The third-order valence-electron chi connectivity index (χ3n) is 2.53. The van der Waals surface area contributed by atoms with Gasteiger partial charge in [-0.05, 0) is 19.1 Å². The number of halogens is 1. The number of para-hydroxylation sites is 1. The van der Waals surface area contributed by atoms with Gasteiger partial charge in [0, 0.05) is 29.7 Å². The van der Waals surface area contributed by atoms with E-state index in [0.29, 0.717) is 12.5 Å². The van der Waals surface area contributed by atoms with E-state index in [4.69, 9.17) is 16.5 Å². The van der Waals surface area contributed by atoms with Crippen LogP contribution in [0, 0.1) is 0 Å². The summed E-state index contributed by atoms with van der Waals surface area (Å²) in [7, 11) is 1.97. The Bertz CT molecular complexity index is 531. The van der Waals surface area contributed by atoms with Crippen LogP contribution in [0.3, 0.4) is 0 Å². The highest BCUT2D eigenvalue weighted by atomic mass is 35.5. The molecular weight excluding hydrogens is 224 g/mol. The minimum absolute atomic E-state index is 0.461. The maximum Gasteiger partial charge on any atom is 0.250 e. The highest BCUT2D eigenvalue weighted by Crippen LogP contribution is 2.19. The van der Waals surface area contributed by atoms with Crippen LogP contribution in [0.2, 0.25) is 0 Å². The second kappa shape index (κ2) is 4.58. The van der Waals surface area contributed by atoms with Crippen molar-refractivity contribution in [2.75, 3.05) is 6.61 Å². The van der Waals surface area contributed by atoms with Gasteiger partial charge in [0.15, 0.2) is 0 Å². The molecule has 3 nitrogen and oxygen atoms in total. The Balaban J connectivity index is 2.56. The summed E-state index contributed by atoms with van der Waals surface area (Å²) in [6.45, 7) is 2.46. The molecule has 1 aromatic carbocycles. The lowest BCUT2D eigenvalue weighted by Crippen LogP contribution is -2.10. The van der Waals surface area contributed by atoms with Crippen molar-refractivity contribution in [1.29, 1.82) is 0 Å². The molecule has 2 rings (SSSR count). The van der Waals surface area contributed by atoms with Gasteiger partial charge in [-0.25, -0.2) is 0 Å². The van der Waals surface area contributed by atoms with E-state index in [1.54, 1.807) is 0 Å². The van der Waals surface area contributed by atoms with Crippen LogP contribution < -0.4 is 0 Å². The van der Waals surface area contributed by atoms with Gasteiger partial charge in [-0.1, -0.05) is 18.2 Å². The molecule has 0 radical (unpaired) electrons. The predicted octanol–water partition coefficient (Wildman–Crippen LogP) is 3.12. The average molecular weight is 237 g/mol. The molecule has 0 spiro atoms. The summed E-state index contributed by atoms with van der Waals surface area (Å²) in [5.41, 5.74) is 2.02. The van der Waals surface area contributed by atoms with E-state index < -0.39 is 0 Å². The van der Waals surface area contributed by atoms with Crippen LogP contribution >= 0.6 is 11.8 Å². The first kappa shape index (κ1) is 11.0. The zero-order valence-corrected chi connectivity index (χ0v) is 10.0. The van der Waals surface area contributed by atoms with Gasteiger partial charge in [0.25, 0.3) is 0 Å². The Labute approximate surface area is 99.4 Å². The van der Waals surface area contributed by atoms with Gasteiger partial charge in [0.1, 0.15) is 5.69 Å². The van der Waals surface area contributed by atoms with E-state index in [1.165, 1.54) is 0 Å². The maximum absolute atomic E-state index is 5.53. The number of benzene rings is 1. The fraction of sp³-hybridized carbons (Fsp3) is 0.250. The monoisotopic (exact) mass is 236 g/mol. The summed E-state index contributed by atoms with van der Waals surface area (Å²) < 4.78 is 11.1. The summed E-state index contributed by atoms with van der Waals surface area (Å²) in [6, 6.07) is 10.1. The number of hydrogen-bond donors (Lipinski definition) is 0. The minimum Gasteiger partial charge on any atom is -0.476 e. The molecule has 0 amide bonds. The fourth-order valence-electron chi connectivity index (χ4n) is 1.77. The molecule has 1 aromatic heterocycles. The highest BCUT2D eigenvalue weighted by Gasteiger charge is 2.11. The summed E-state index contributed by atoms with van der Waals surface area (Å²) in [5.74, 6) is 0.461. The average Bonchev–Trinajstić information content (AvgIpc) is 2.64. The van der Waals surface area contributed by atoms with Crippen LogP contribution in [0.1, 0.15) is 12.6 Å². The number of fused-ring (bicyclic) bond motifs is 1.